The van der Waals surface area contributed by atoms with Crippen LogP contribution in [-0.2, 0) is 4.74 Å². The van der Waals surface area contributed by atoms with Crippen molar-refractivity contribution in [3.8, 4) is 0 Å². The second kappa shape index (κ2) is 6.51. The van der Waals surface area contributed by atoms with Gasteiger partial charge in [0.2, 0.25) is 0 Å². The normalized spacial score (nSPS) is 12.2. The Morgan fingerprint density at radius 3 is 2.88 bits per heavy atom. The maximum Gasteiger partial charge on any atom is 0.124 e. The van der Waals surface area contributed by atoms with Crippen LogP contribution in [-0.4, -0.2) is 25.2 Å². The first-order valence-corrected chi connectivity index (χ1v) is 5.77. The molecular weight excluding hydrogens is 239 g/mol. The summed E-state index contributed by atoms with van der Waals surface area (Å²) in [6, 6.07) is 4.36. The van der Waals surface area contributed by atoms with Gasteiger partial charge in [-0.15, -0.1) is 0 Å². The lowest BCUT2D eigenvalue weighted by atomic mass is 10.1. The van der Waals surface area contributed by atoms with Gasteiger partial charge in [0, 0.05) is 24.9 Å². The van der Waals surface area contributed by atoms with Crippen molar-refractivity contribution < 1.29 is 9.13 Å². The van der Waals surface area contributed by atoms with Gasteiger partial charge in [-0.2, -0.15) is 0 Å². The van der Waals surface area contributed by atoms with Crippen LogP contribution in [0.25, 0.3) is 0 Å². The number of benzene rings is 1. The zero-order chi connectivity index (χ0) is 12.8. The molecule has 0 heterocycles. The smallest absolute Gasteiger partial charge is 0.124 e. The Hall–Kier alpha value is -1.20. The van der Waals surface area contributed by atoms with Crippen molar-refractivity contribution in [2.75, 3.05) is 25.6 Å². The topological polar surface area (TPSA) is 47.3 Å². The van der Waals surface area contributed by atoms with E-state index >= 15 is 0 Å². The number of methoxy groups -OCH3 is 1. The quantitative estimate of drug-likeness (QED) is 0.766. The van der Waals surface area contributed by atoms with Crippen molar-refractivity contribution >= 4 is 22.9 Å². The zero-order valence-electron chi connectivity index (χ0n) is 10.00. The molecule has 3 N–H and O–H groups in total. The maximum atomic E-state index is 13.1. The molecule has 3 nitrogen and oxygen atoms in total. The van der Waals surface area contributed by atoms with E-state index in [0.717, 1.165) is 12.2 Å². The van der Waals surface area contributed by atoms with E-state index in [1.807, 2.05) is 0 Å². The number of hydrogen-bond donors (Lipinski definition) is 2. The fourth-order valence-electron chi connectivity index (χ4n) is 1.50. The van der Waals surface area contributed by atoms with Crippen molar-refractivity contribution in [3.05, 3.63) is 29.6 Å². The van der Waals surface area contributed by atoms with Gasteiger partial charge in [-0.3, -0.25) is 0 Å². The van der Waals surface area contributed by atoms with Gasteiger partial charge in [0.15, 0.2) is 0 Å². The average Bonchev–Trinajstić information content (AvgIpc) is 2.27. The van der Waals surface area contributed by atoms with Gasteiger partial charge < -0.3 is 15.8 Å². The Morgan fingerprint density at radius 1 is 1.59 bits per heavy atom. The molecule has 0 aliphatic rings. The van der Waals surface area contributed by atoms with Crippen LogP contribution in [0.1, 0.15) is 12.5 Å². The van der Waals surface area contributed by atoms with Gasteiger partial charge in [0.25, 0.3) is 0 Å². The van der Waals surface area contributed by atoms with Crippen molar-refractivity contribution in [2.45, 2.75) is 6.92 Å². The van der Waals surface area contributed by atoms with Crippen LogP contribution in [0, 0.1) is 11.7 Å². The summed E-state index contributed by atoms with van der Waals surface area (Å²) in [5.41, 5.74) is 6.83. The Kier molecular flexibility index (Phi) is 5.31. The summed E-state index contributed by atoms with van der Waals surface area (Å²) >= 11 is 4.89. The number of rotatable bonds is 6. The first-order chi connectivity index (χ1) is 8.04. The van der Waals surface area contributed by atoms with E-state index in [9.17, 15) is 4.39 Å². The van der Waals surface area contributed by atoms with E-state index in [2.05, 4.69) is 12.2 Å². The summed E-state index contributed by atoms with van der Waals surface area (Å²) in [6.07, 6.45) is 0. The zero-order valence-corrected chi connectivity index (χ0v) is 10.8. The minimum Gasteiger partial charge on any atom is -0.389 e. The highest BCUT2D eigenvalue weighted by Gasteiger charge is 2.08. The summed E-state index contributed by atoms with van der Waals surface area (Å²) in [6.45, 7) is 3.44. The minimum absolute atomic E-state index is 0.186. The molecule has 1 atom stereocenters. The molecule has 0 aliphatic heterocycles. The molecule has 0 saturated heterocycles. The van der Waals surface area contributed by atoms with Gasteiger partial charge in [-0.1, -0.05) is 19.1 Å². The number of anilines is 1. The predicted molar refractivity (Wildman–Crippen MR) is 71.8 cm³/mol. The monoisotopic (exact) mass is 256 g/mol. The van der Waals surface area contributed by atoms with Crippen molar-refractivity contribution in [2.24, 2.45) is 11.7 Å². The van der Waals surface area contributed by atoms with Gasteiger partial charge in [0.05, 0.1) is 6.61 Å². The number of ether oxygens (including phenoxy) is 1. The van der Waals surface area contributed by atoms with Crippen LogP contribution < -0.4 is 11.1 Å². The molecule has 5 heteroatoms. The molecule has 0 radical (unpaired) electrons. The number of nitrogens with two attached hydrogens (primary N) is 1. The molecule has 1 aromatic rings. The summed E-state index contributed by atoms with van der Waals surface area (Å²) in [5, 5.41) is 3.19. The minimum atomic E-state index is -0.344. The largest absolute Gasteiger partial charge is 0.389 e. The van der Waals surface area contributed by atoms with Gasteiger partial charge in [-0.25, -0.2) is 4.39 Å². The second-order valence-corrected chi connectivity index (χ2v) is 4.44. The maximum absolute atomic E-state index is 13.1. The van der Waals surface area contributed by atoms with Crippen LogP contribution >= 0.6 is 12.2 Å². The molecule has 1 aromatic carbocycles. The summed E-state index contributed by atoms with van der Waals surface area (Å²) < 4.78 is 18.1. The number of halogens is 1. The fourth-order valence-corrected chi connectivity index (χ4v) is 1.67. The lowest BCUT2D eigenvalue weighted by molar-refractivity contribution is 0.164. The molecule has 0 saturated carbocycles. The molecular formula is C12H17FN2OS. The van der Waals surface area contributed by atoms with E-state index in [1.165, 1.54) is 12.1 Å². The molecule has 0 bridgehead atoms. The molecule has 17 heavy (non-hydrogen) atoms. The SMILES string of the molecule is COCC(C)CNc1ccc(F)cc1C(N)=S. The van der Waals surface area contributed by atoms with Gasteiger partial charge in [-0.05, 0) is 24.1 Å². The second-order valence-electron chi connectivity index (χ2n) is 4.00. The van der Waals surface area contributed by atoms with E-state index in [4.69, 9.17) is 22.7 Å². The number of thiocarbonyl (C=S) groups is 1. The van der Waals surface area contributed by atoms with Crippen LogP contribution in [0.4, 0.5) is 10.1 Å². The number of hydrogen-bond acceptors (Lipinski definition) is 3. The predicted octanol–water partition coefficient (Wildman–Crippen LogP) is 2.15. The molecule has 94 valence electrons. The highest BCUT2D eigenvalue weighted by Crippen LogP contribution is 2.17. The lowest BCUT2D eigenvalue weighted by Crippen LogP contribution is -2.19. The highest BCUT2D eigenvalue weighted by molar-refractivity contribution is 7.80. The molecule has 1 rings (SSSR count). The highest BCUT2D eigenvalue weighted by atomic mass is 32.1. The fraction of sp³-hybridized carbons (Fsp3) is 0.417. The van der Waals surface area contributed by atoms with Crippen molar-refractivity contribution in [1.82, 2.24) is 0 Å². The molecule has 0 spiro atoms. The lowest BCUT2D eigenvalue weighted by Gasteiger charge is -2.15. The molecule has 0 fully saturated rings. The van der Waals surface area contributed by atoms with E-state index in [1.54, 1.807) is 13.2 Å². The van der Waals surface area contributed by atoms with E-state index in [0.29, 0.717) is 18.1 Å². The first kappa shape index (κ1) is 13.9. The van der Waals surface area contributed by atoms with Crippen LogP contribution in [0.3, 0.4) is 0 Å². The van der Waals surface area contributed by atoms with Crippen LogP contribution in [0.2, 0.25) is 0 Å². The molecule has 0 amide bonds. The summed E-state index contributed by atoms with van der Waals surface area (Å²) in [5.74, 6) is 0.00698. The summed E-state index contributed by atoms with van der Waals surface area (Å²) in [4.78, 5) is 0.186. The van der Waals surface area contributed by atoms with Crippen molar-refractivity contribution in [1.29, 1.82) is 0 Å². The Bertz CT molecular complexity index is 398. The Morgan fingerprint density at radius 2 is 2.29 bits per heavy atom. The third-order valence-corrected chi connectivity index (χ3v) is 2.56. The molecule has 0 aliphatic carbocycles. The van der Waals surface area contributed by atoms with Crippen LogP contribution in [0.15, 0.2) is 18.2 Å². The van der Waals surface area contributed by atoms with E-state index in [-0.39, 0.29) is 10.8 Å². The Balaban J connectivity index is 2.73. The molecule has 0 aromatic heterocycles. The third-order valence-electron chi connectivity index (χ3n) is 2.34. The van der Waals surface area contributed by atoms with E-state index < -0.39 is 0 Å². The standard InChI is InChI=1S/C12H17FN2OS/c1-8(7-16-2)6-15-11-4-3-9(13)5-10(11)12(14)17/h3-5,8,15H,6-7H2,1-2H3,(H2,14,17). The average molecular weight is 256 g/mol. The van der Waals surface area contributed by atoms with Gasteiger partial charge in [0.1, 0.15) is 10.8 Å². The number of nitrogens with one attached hydrogen (secondary N) is 1. The first-order valence-electron chi connectivity index (χ1n) is 5.36. The molecule has 1 unspecified atom stereocenters. The van der Waals surface area contributed by atoms with Crippen LogP contribution in [0.5, 0.6) is 0 Å². The van der Waals surface area contributed by atoms with Crippen molar-refractivity contribution in [3.63, 3.8) is 0 Å². The van der Waals surface area contributed by atoms with Gasteiger partial charge >= 0.3 is 0 Å². The Labute approximate surface area is 106 Å². The summed E-state index contributed by atoms with van der Waals surface area (Å²) in [7, 11) is 1.66. The third kappa shape index (κ3) is 4.28.